The zero-order chi connectivity index (χ0) is 9.80. The van der Waals surface area contributed by atoms with E-state index in [1.165, 1.54) is 0 Å². The van der Waals surface area contributed by atoms with E-state index in [2.05, 4.69) is 11.1 Å². The van der Waals surface area contributed by atoms with E-state index in [4.69, 9.17) is 5.26 Å². The predicted octanol–water partition coefficient (Wildman–Crippen LogP) is 2.75. The van der Waals surface area contributed by atoms with Crippen molar-refractivity contribution in [3.05, 3.63) is 48.2 Å². The summed E-state index contributed by atoms with van der Waals surface area (Å²) in [6, 6.07) is 14.1. The number of rotatable bonds is 2. The third-order valence-corrected chi connectivity index (χ3v) is 2.17. The first-order valence-electron chi connectivity index (χ1n) is 4.50. The van der Waals surface area contributed by atoms with Gasteiger partial charge in [0, 0.05) is 11.9 Å². The number of nitrogens with one attached hydrogen (secondary N) is 1. The minimum atomic E-state index is 0.452. The van der Waals surface area contributed by atoms with Crippen molar-refractivity contribution in [2.75, 3.05) is 0 Å². The molecule has 1 heterocycles. The molecule has 68 valence electrons. The monoisotopic (exact) mass is 182 g/mol. The average Bonchev–Trinajstić information content (AvgIpc) is 2.68. The van der Waals surface area contributed by atoms with Crippen LogP contribution in [-0.2, 0) is 6.42 Å². The number of nitrogens with zero attached hydrogens (tertiary/aromatic N) is 1. The topological polar surface area (TPSA) is 39.6 Å². The maximum absolute atomic E-state index is 8.65. The summed E-state index contributed by atoms with van der Waals surface area (Å²) in [5.41, 5.74) is 3.23. The van der Waals surface area contributed by atoms with Gasteiger partial charge in [-0.15, -0.1) is 0 Å². The largest absolute Gasteiger partial charge is 0.361 e. The molecular weight excluding hydrogens is 172 g/mol. The summed E-state index contributed by atoms with van der Waals surface area (Å²) < 4.78 is 0. The van der Waals surface area contributed by atoms with Crippen LogP contribution in [0.2, 0.25) is 0 Å². The van der Waals surface area contributed by atoms with E-state index in [-0.39, 0.29) is 0 Å². The van der Waals surface area contributed by atoms with Gasteiger partial charge in [0.1, 0.15) is 0 Å². The number of hydrogen-bond donors (Lipinski definition) is 1. The fourth-order valence-electron chi connectivity index (χ4n) is 1.51. The van der Waals surface area contributed by atoms with Crippen LogP contribution in [0, 0.1) is 11.3 Å². The Labute approximate surface area is 82.8 Å². The first-order chi connectivity index (χ1) is 6.92. The normalized spacial score (nSPS) is 9.64. The standard InChI is InChI=1S/C12H10N2/c13-8-6-11-7-9-14-12(11)10-4-2-1-3-5-10/h1-5,7,9,14H,6H2. The maximum Gasteiger partial charge on any atom is 0.0670 e. The van der Waals surface area contributed by atoms with Crippen molar-refractivity contribution in [2.24, 2.45) is 0 Å². The van der Waals surface area contributed by atoms with Gasteiger partial charge in [-0.05, 0) is 17.2 Å². The minimum Gasteiger partial charge on any atom is -0.361 e. The molecule has 0 aliphatic carbocycles. The van der Waals surface area contributed by atoms with Crippen molar-refractivity contribution in [1.29, 1.82) is 5.26 Å². The molecule has 0 aliphatic heterocycles. The SMILES string of the molecule is N#CCc1cc[nH]c1-c1ccccc1. The Morgan fingerprint density at radius 3 is 2.64 bits per heavy atom. The van der Waals surface area contributed by atoms with Crippen LogP contribution in [0.3, 0.4) is 0 Å². The minimum absolute atomic E-state index is 0.452. The molecule has 2 rings (SSSR count). The molecule has 1 aromatic heterocycles. The Balaban J connectivity index is 2.43. The number of H-pyrrole nitrogens is 1. The molecule has 0 saturated carbocycles. The third-order valence-electron chi connectivity index (χ3n) is 2.17. The van der Waals surface area contributed by atoms with Gasteiger partial charge in [-0.25, -0.2) is 0 Å². The first-order valence-corrected chi connectivity index (χ1v) is 4.50. The van der Waals surface area contributed by atoms with Crippen molar-refractivity contribution < 1.29 is 0 Å². The van der Waals surface area contributed by atoms with Gasteiger partial charge in [-0.3, -0.25) is 0 Å². The van der Waals surface area contributed by atoms with Crippen LogP contribution >= 0.6 is 0 Å². The summed E-state index contributed by atoms with van der Waals surface area (Å²) in [4.78, 5) is 3.16. The van der Waals surface area contributed by atoms with Crippen molar-refractivity contribution in [3.63, 3.8) is 0 Å². The lowest BCUT2D eigenvalue weighted by Crippen LogP contribution is -1.84. The molecule has 0 bridgehead atoms. The molecule has 2 aromatic rings. The average molecular weight is 182 g/mol. The van der Waals surface area contributed by atoms with Crippen LogP contribution < -0.4 is 0 Å². The lowest BCUT2D eigenvalue weighted by atomic mass is 10.1. The highest BCUT2D eigenvalue weighted by Crippen LogP contribution is 2.21. The third kappa shape index (κ3) is 1.53. The van der Waals surface area contributed by atoms with Crippen LogP contribution in [0.25, 0.3) is 11.3 Å². The molecule has 0 fully saturated rings. The first kappa shape index (κ1) is 8.58. The molecule has 1 aromatic carbocycles. The van der Waals surface area contributed by atoms with E-state index in [1.54, 1.807) is 0 Å². The van der Waals surface area contributed by atoms with E-state index in [1.807, 2.05) is 42.6 Å². The van der Waals surface area contributed by atoms with Gasteiger partial charge in [0.25, 0.3) is 0 Å². The van der Waals surface area contributed by atoms with Gasteiger partial charge in [0.15, 0.2) is 0 Å². The molecular formula is C12H10N2. The fourth-order valence-corrected chi connectivity index (χ4v) is 1.51. The zero-order valence-corrected chi connectivity index (χ0v) is 7.70. The van der Waals surface area contributed by atoms with Crippen LogP contribution in [-0.4, -0.2) is 4.98 Å². The molecule has 0 saturated heterocycles. The molecule has 2 heteroatoms. The predicted molar refractivity (Wildman–Crippen MR) is 55.5 cm³/mol. The van der Waals surface area contributed by atoms with E-state index in [0.29, 0.717) is 6.42 Å². The molecule has 0 aliphatic rings. The van der Waals surface area contributed by atoms with Gasteiger partial charge in [-0.1, -0.05) is 30.3 Å². The second-order valence-corrected chi connectivity index (χ2v) is 3.08. The highest BCUT2D eigenvalue weighted by Gasteiger charge is 2.04. The van der Waals surface area contributed by atoms with Crippen LogP contribution in [0.1, 0.15) is 5.56 Å². The van der Waals surface area contributed by atoms with E-state index < -0.39 is 0 Å². The van der Waals surface area contributed by atoms with Crippen LogP contribution in [0.5, 0.6) is 0 Å². The quantitative estimate of drug-likeness (QED) is 0.762. The Kier molecular flexibility index (Phi) is 2.33. The Morgan fingerprint density at radius 1 is 1.14 bits per heavy atom. The summed E-state index contributed by atoms with van der Waals surface area (Å²) in [7, 11) is 0. The molecule has 0 amide bonds. The summed E-state index contributed by atoms with van der Waals surface area (Å²) in [6.07, 6.45) is 2.32. The highest BCUT2D eigenvalue weighted by atomic mass is 14.7. The van der Waals surface area contributed by atoms with E-state index >= 15 is 0 Å². The lowest BCUT2D eigenvalue weighted by molar-refractivity contribution is 1.26. The Hall–Kier alpha value is -2.01. The maximum atomic E-state index is 8.65. The van der Waals surface area contributed by atoms with Crippen molar-refractivity contribution in [2.45, 2.75) is 6.42 Å². The summed E-state index contributed by atoms with van der Waals surface area (Å²) in [5.74, 6) is 0. The summed E-state index contributed by atoms with van der Waals surface area (Å²) in [6.45, 7) is 0. The number of aromatic nitrogens is 1. The van der Waals surface area contributed by atoms with E-state index in [9.17, 15) is 0 Å². The molecule has 1 N–H and O–H groups in total. The Morgan fingerprint density at radius 2 is 1.93 bits per heavy atom. The molecule has 0 unspecified atom stereocenters. The fraction of sp³-hybridized carbons (Fsp3) is 0.0833. The van der Waals surface area contributed by atoms with Crippen molar-refractivity contribution in [3.8, 4) is 17.3 Å². The number of aromatic amines is 1. The van der Waals surface area contributed by atoms with Gasteiger partial charge in [0.2, 0.25) is 0 Å². The van der Waals surface area contributed by atoms with Gasteiger partial charge < -0.3 is 4.98 Å². The molecule has 0 atom stereocenters. The molecule has 0 radical (unpaired) electrons. The second-order valence-electron chi connectivity index (χ2n) is 3.08. The van der Waals surface area contributed by atoms with Crippen LogP contribution in [0.15, 0.2) is 42.6 Å². The van der Waals surface area contributed by atoms with Crippen molar-refractivity contribution in [1.82, 2.24) is 4.98 Å². The summed E-state index contributed by atoms with van der Waals surface area (Å²) >= 11 is 0. The van der Waals surface area contributed by atoms with Gasteiger partial charge in [-0.2, -0.15) is 5.26 Å². The number of hydrogen-bond acceptors (Lipinski definition) is 1. The molecule has 0 spiro atoms. The lowest BCUT2D eigenvalue weighted by Gasteiger charge is -2.00. The second kappa shape index (κ2) is 3.80. The van der Waals surface area contributed by atoms with Crippen LogP contribution in [0.4, 0.5) is 0 Å². The Bertz CT molecular complexity index is 449. The number of nitriles is 1. The zero-order valence-electron chi connectivity index (χ0n) is 7.70. The smallest absolute Gasteiger partial charge is 0.0670 e. The molecule has 14 heavy (non-hydrogen) atoms. The van der Waals surface area contributed by atoms with E-state index in [0.717, 1.165) is 16.8 Å². The highest BCUT2D eigenvalue weighted by molar-refractivity contribution is 5.63. The summed E-state index contributed by atoms with van der Waals surface area (Å²) in [5, 5.41) is 8.65. The number of benzene rings is 1. The van der Waals surface area contributed by atoms with Gasteiger partial charge >= 0.3 is 0 Å². The molecule has 2 nitrogen and oxygen atoms in total. The van der Waals surface area contributed by atoms with Crippen molar-refractivity contribution >= 4 is 0 Å². The van der Waals surface area contributed by atoms with Gasteiger partial charge in [0.05, 0.1) is 12.5 Å².